The normalized spacial score (nSPS) is 24.8. The van der Waals surface area contributed by atoms with Crippen LogP contribution < -0.4 is 5.32 Å². The fraction of sp³-hybridized carbons (Fsp3) is 0.615. The molecule has 0 aromatic carbocycles. The van der Waals surface area contributed by atoms with Crippen molar-refractivity contribution >= 4 is 0 Å². The molecule has 2 atom stereocenters. The zero-order valence-corrected chi connectivity index (χ0v) is 10.5. The smallest absolute Gasteiger partial charge is 0.0936 e. The highest BCUT2D eigenvalue weighted by Gasteiger charge is 2.18. The summed E-state index contributed by atoms with van der Waals surface area (Å²) < 4.78 is 11.4. The Hall–Kier alpha value is -0.970. The fourth-order valence-electron chi connectivity index (χ4n) is 1.93. The van der Waals surface area contributed by atoms with Gasteiger partial charge in [-0.25, -0.2) is 0 Å². The summed E-state index contributed by atoms with van der Waals surface area (Å²) >= 11 is 0. The zero-order valence-electron chi connectivity index (χ0n) is 10.5. The van der Waals surface area contributed by atoms with Crippen molar-refractivity contribution in [2.24, 2.45) is 0 Å². The maximum absolute atomic E-state index is 5.75. The Bertz CT molecular complexity index is 357. The van der Waals surface area contributed by atoms with Gasteiger partial charge in [0.05, 0.1) is 31.1 Å². The van der Waals surface area contributed by atoms with Crippen LogP contribution in [-0.4, -0.2) is 36.9 Å². The number of rotatable bonds is 4. The number of nitrogens with one attached hydrogen (secondary N) is 1. The number of aromatic nitrogens is 1. The minimum Gasteiger partial charge on any atom is -0.372 e. The Morgan fingerprint density at radius 3 is 3.18 bits per heavy atom. The molecule has 0 bridgehead atoms. The van der Waals surface area contributed by atoms with Crippen molar-refractivity contribution in [3.8, 4) is 0 Å². The van der Waals surface area contributed by atoms with E-state index in [0.29, 0.717) is 13.2 Å². The molecule has 2 unspecified atom stereocenters. The molecule has 1 aliphatic heterocycles. The summed E-state index contributed by atoms with van der Waals surface area (Å²) in [6, 6.07) is 3.99. The van der Waals surface area contributed by atoms with E-state index in [-0.39, 0.29) is 12.2 Å². The molecule has 1 aromatic heterocycles. The molecule has 1 saturated heterocycles. The second kappa shape index (κ2) is 6.10. The lowest BCUT2D eigenvalue weighted by Crippen LogP contribution is -2.45. The van der Waals surface area contributed by atoms with Gasteiger partial charge >= 0.3 is 0 Å². The van der Waals surface area contributed by atoms with Crippen molar-refractivity contribution in [1.82, 2.24) is 10.3 Å². The van der Waals surface area contributed by atoms with E-state index in [1.54, 1.807) is 6.20 Å². The Morgan fingerprint density at radius 2 is 2.41 bits per heavy atom. The van der Waals surface area contributed by atoms with Gasteiger partial charge < -0.3 is 14.8 Å². The largest absolute Gasteiger partial charge is 0.372 e. The van der Waals surface area contributed by atoms with Gasteiger partial charge in [-0.15, -0.1) is 0 Å². The van der Waals surface area contributed by atoms with Crippen LogP contribution in [0, 0.1) is 6.92 Å². The van der Waals surface area contributed by atoms with E-state index in [1.165, 1.54) is 5.56 Å². The van der Waals surface area contributed by atoms with Crippen LogP contribution in [0.5, 0.6) is 0 Å². The monoisotopic (exact) mass is 236 g/mol. The molecule has 1 aromatic rings. The van der Waals surface area contributed by atoms with Crippen LogP contribution in [0.2, 0.25) is 0 Å². The maximum atomic E-state index is 5.75. The van der Waals surface area contributed by atoms with Gasteiger partial charge in [-0.05, 0) is 25.5 Å². The van der Waals surface area contributed by atoms with E-state index in [2.05, 4.69) is 17.2 Å². The molecule has 1 N–H and O–H groups in total. The van der Waals surface area contributed by atoms with Crippen molar-refractivity contribution in [2.75, 3.05) is 19.7 Å². The Labute approximate surface area is 102 Å². The summed E-state index contributed by atoms with van der Waals surface area (Å²) in [6.07, 6.45) is 2.23. The van der Waals surface area contributed by atoms with E-state index in [9.17, 15) is 0 Å². The molecule has 0 amide bonds. The molecule has 4 nitrogen and oxygen atoms in total. The number of morpholine rings is 1. The van der Waals surface area contributed by atoms with Gasteiger partial charge in [-0.1, -0.05) is 6.07 Å². The molecule has 0 radical (unpaired) electrons. The summed E-state index contributed by atoms with van der Waals surface area (Å²) in [5.74, 6) is 0. The number of hydrogen-bond donors (Lipinski definition) is 1. The van der Waals surface area contributed by atoms with Crippen LogP contribution in [-0.2, 0) is 16.1 Å². The quantitative estimate of drug-likeness (QED) is 0.855. The number of hydrogen-bond acceptors (Lipinski definition) is 4. The van der Waals surface area contributed by atoms with Gasteiger partial charge in [0, 0.05) is 19.3 Å². The predicted octanol–water partition coefficient (Wildman–Crippen LogP) is 1.28. The van der Waals surface area contributed by atoms with E-state index in [1.807, 2.05) is 19.1 Å². The molecule has 2 heterocycles. The molecule has 1 fully saturated rings. The van der Waals surface area contributed by atoms with Crippen molar-refractivity contribution in [3.05, 3.63) is 29.6 Å². The average Bonchev–Trinajstić information content (AvgIpc) is 2.32. The molecular formula is C13H20N2O2. The lowest BCUT2D eigenvalue weighted by molar-refractivity contribution is -0.0720. The molecule has 1 aliphatic rings. The third-order valence-electron chi connectivity index (χ3n) is 2.89. The van der Waals surface area contributed by atoms with Crippen molar-refractivity contribution < 1.29 is 9.47 Å². The van der Waals surface area contributed by atoms with Gasteiger partial charge in [0.15, 0.2) is 0 Å². The second-order valence-corrected chi connectivity index (χ2v) is 4.51. The van der Waals surface area contributed by atoms with E-state index in [4.69, 9.17) is 9.47 Å². The van der Waals surface area contributed by atoms with Crippen molar-refractivity contribution in [1.29, 1.82) is 0 Å². The molecule has 4 heteroatoms. The maximum Gasteiger partial charge on any atom is 0.0936 e. The van der Waals surface area contributed by atoms with Gasteiger partial charge in [-0.2, -0.15) is 0 Å². The minimum atomic E-state index is 0.155. The number of aryl methyl sites for hydroxylation is 1. The first-order valence-corrected chi connectivity index (χ1v) is 6.10. The zero-order chi connectivity index (χ0) is 12.1. The predicted molar refractivity (Wildman–Crippen MR) is 65.8 cm³/mol. The minimum absolute atomic E-state index is 0.155. The highest BCUT2D eigenvalue weighted by atomic mass is 16.5. The first-order valence-electron chi connectivity index (χ1n) is 6.10. The standard InChI is InChI=1S/C13H20N2O2/c1-10-4-3-5-15-13(10)9-16-8-12-7-14-6-11(2)17-12/h3-5,11-12,14H,6-9H2,1-2H3. The first-order chi connectivity index (χ1) is 8.25. The number of ether oxygens (including phenoxy) is 2. The fourth-order valence-corrected chi connectivity index (χ4v) is 1.93. The third-order valence-corrected chi connectivity index (χ3v) is 2.89. The molecule has 94 valence electrons. The topological polar surface area (TPSA) is 43.4 Å². The average molecular weight is 236 g/mol. The van der Waals surface area contributed by atoms with Crippen LogP contribution in [0.25, 0.3) is 0 Å². The van der Waals surface area contributed by atoms with Gasteiger partial charge in [0.2, 0.25) is 0 Å². The lowest BCUT2D eigenvalue weighted by atomic mass is 10.2. The Balaban J connectivity index is 1.74. The molecule has 0 spiro atoms. The second-order valence-electron chi connectivity index (χ2n) is 4.51. The highest BCUT2D eigenvalue weighted by Crippen LogP contribution is 2.07. The third kappa shape index (κ3) is 3.77. The van der Waals surface area contributed by atoms with Crippen LogP contribution in [0.4, 0.5) is 0 Å². The Morgan fingerprint density at radius 1 is 1.53 bits per heavy atom. The van der Waals surface area contributed by atoms with E-state index >= 15 is 0 Å². The number of pyridine rings is 1. The molecule has 2 rings (SSSR count). The molecular weight excluding hydrogens is 216 g/mol. The summed E-state index contributed by atoms with van der Waals surface area (Å²) in [5, 5.41) is 3.32. The van der Waals surface area contributed by atoms with Crippen LogP contribution in [0.1, 0.15) is 18.2 Å². The molecule has 17 heavy (non-hydrogen) atoms. The summed E-state index contributed by atoms with van der Waals surface area (Å²) in [6.45, 7) is 7.09. The van der Waals surface area contributed by atoms with Crippen LogP contribution >= 0.6 is 0 Å². The summed E-state index contributed by atoms with van der Waals surface area (Å²) in [7, 11) is 0. The lowest BCUT2D eigenvalue weighted by Gasteiger charge is -2.28. The Kier molecular flexibility index (Phi) is 4.48. The van der Waals surface area contributed by atoms with E-state index in [0.717, 1.165) is 18.8 Å². The number of nitrogens with zero attached hydrogens (tertiary/aromatic N) is 1. The van der Waals surface area contributed by atoms with Gasteiger partial charge in [-0.3, -0.25) is 4.98 Å². The van der Waals surface area contributed by atoms with Crippen molar-refractivity contribution in [3.63, 3.8) is 0 Å². The SMILES string of the molecule is Cc1cccnc1COCC1CNCC(C)O1. The summed E-state index contributed by atoms with van der Waals surface area (Å²) in [5.41, 5.74) is 2.17. The van der Waals surface area contributed by atoms with Crippen LogP contribution in [0.3, 0.4) is 0 Å². The van der Waals surface area contributed by atoms with Crippen LogP contribution in [0.15, 0.2) is 18.3 Å². The molecule has 0 aliphatic carbocycles. The van der Waals surface area contributed by atoms with Gasteiger partial charge in [0.1, 0.15) is 0 Å². The van der Waals surface area contributed by atoms with Gasteiger partial charge in [0.25, 0.3) is 0 Å². The highest BCUT2D eigenvalue weighted by molar-refractivity contribution is 5.16. The van der Waals surface area contributed by atoms with Crippen molar-refractivity contribution in [2.45, 2.75) is 32.7 Å². The summed E-state index contributed by atoms with van der Waals surface area (Å²) in [4.78, 5) is 4.29. The van der Waals surface area contributed by atoms with E-state index < -0.39 is 0 Å². The first kappa shape index (κ1) is 12.5. The molecule has 0 saturated carbocycles.